The third kappa shape index (κ3) is 3.08. The third-order valence-electron chi connectivity index (χ3n) is 5.27. The second kappa shape index (κ2) is 7.20. The molecule has 1 aliphatic heterocycles. The van der Waals surface area contributed by atoms with E-state index in [1.165, 1.54) is 0 Å². The SMILES string of the molecule is CCc1nn2c(nnc3c(=O)n(CC4CCCO4)cnc32)c1-c1ccc(Cl)cc1. The maximum atomic E-state index is 12.9. The summed E-state index contributed by atoms with van der Waals surface area (Å²) < 4.78 is 8.79. The van der Waals surface area contributed by atoms with Gasteiger partial charge in [0.1, 0.15) is 6.33 Å². The topological polar surface area (TPSA) is 87.2 Å². The number of fused-ring (bicyclic) bond motifs is 3. The minimum Gasteiger partial charge on any atom is -0.376 e. The maximum absolute atomic E-state index is 12.9. The van der Waals surface area contributed by atoms with Gasteiger partial charge >= 0.3 is 0 Å². The summed E-state index contributed by atoms with van der Waals surface area (Å²) in [5.74, 6) is 0. The van der Waals surface area contributed by atoms with Crippen molar-refractivity contribution in [3.8, 4) is 11.1 Å². The van der Waals surface area contributed by atoms with Gasteiger partial charge in [-0.1, -0.05) is 30.7 Å². The van der Waals surface area contributed by atoms with Crippen molar-refractivity contribution in [1.29, 1.82) is 0 Å². The molecule has 0 aliphatic carbocycles. The molecule has 4 heterocycles. The predicted octanol–water partition coefficient (Wildman–Crippen LogP) is 2.90. The zero-order valence-electron chi connectivity index (χ0n) is 15.9. The molecule has 1 atom stereocenters. The second-order valence-corrected chi connectivity index (χ2v) is 7.56. The highest BCUT2D eigenvalue weighted by molar-refractivity contribution is 6.30. The zero-order chi connectivity index (χ0) is 20.0. The van der Waals surface area contributed by atoms with E-state index in [0.717, 1.165) is 36.3 Å². The van der Waals surface area contributed by atoms with Crippen LogP contribution in [0.5, 0.6) is 0 Å². The summed E-state index contributed by atoms with van der Waals surface area (Å²) in [6.07, 6.45) is 4.25. The summed E-state index contributed by atoms with van der Waals surface area (Å²) in [5.41, 5.74) is 3.62. The van der Waals surface area contributed by atoms with Crippen LogP contribution < -0.4 is 5.56 Å². The number of aryl methyl sites for hydroxylation is 1. The first kappa shape index (κ1) is 18.2. The Labute approximate surface area is 171 Å². The predicted molar refractivity (Wildman–Crippen MR) is 109 cm³/mol. The van der Waals surface area contributed by atoms with Crippen LogP contribution in [0.15, 0.2) is 35.4 Å². The first-order valence-electron chi connectivity index (χ1n) is 9.66. The summed E-state index contributed by atoms with van der Waals surface area (Å²) in [5, 5.41) is 13.9. The molecule has 0 saturated carbocycles. The molecule has 29 heavy (non-hydrogen) atoms. The Balaban J connectivity index is 1.68. The van der Waals surface area contributed by atoms with Gasteiger partial charge in [0.2, 0.25) is 0 Å². The molecule has 0 bridgehead atoms. The average Bonchev–Trinajstić information content (AvgIpc) is 3.38. The third-order valence-corrected chi connectivity index (χ3v) is 5.52. The van der Waals surface area contributed by atoms with E-state index in [2.05, 4.69) is 20.3 Å². The lowest BCUT2D eigenvalue weighted by atomic mass is 10.0. The average molecular weight is 411 g/mol. The van der Waals surface area contributed by atoms with Crippen molar-refractivity contribution in [2.75, 3.05) is 6.61 Å². The molecule has 8 nitrogen and oxygen atoms in total. The van der Waals surface area contributed by atoms with Crippen LogP contribution in [0.4, 0.5) is 0 Å². The lowest BCUT2D eigenvalue weighted by Crippen LogP contribution is -2.28. The van der Waals surface area contributed by atoms with Crippen molar-refractivity contribution in [3.63, 3.8) is 0 Å². The lowest BCUT2D eigenvalue weighted by Gasteiger charge is -2.11. The highest BCUT2D eigenvalue weighted by Gasteiger charge is 2.21. The summed E-state index contributed by atoms with van der Waals surface area (Å²) in [4.78, 5) is 17.4. The number of rotatable bonds is 4. The fourth-order valence-electron chi connectivity index (χ4n) is 3.80. The molecule has 1 aromatic carbocycles. The van der Waals surface area contributed by atoms with Gasteiger partial charge in [-0.25, -0.2) is 4.98 Å². The van der Waals surface area contributed by atoms with Crippen molar-refractivity contribution in [3.05, 3.63) is 51.7 Å². The van der Waals surface area contributed by atoms with E-state index in [1.54, 1.807) is 15.4 Å². The van der Waals surface area contributed by atoms with Gasteiger partial charge in [0.25, 0.3) is 5.56 Å². The highest BCUT2D eigenvalue weighted by atomic mass is 35.5. The van der Waals surface area contributed by atoms with Crippen molar-refractivity contribution >= 4 is 28.4 Å². The number of hydrogen-bond donors (Lipinski definition) is 0. The molecular formula is C20H19ClN6O2. The molecule has 0 radical (unpaired) electrons. The van der Waals surface area contributed by atoms with Crippen LogP contribution in [-0.2, 0) is 17.7 Å². The van der Waals surface area contributed by atoms with E-state index >= 15 is 0 Å². The van der Waals surface area contributed by atoms with Crippen LogP contribution in [-0.4, -0.2) is 42.1 Å². The Morgan fingerprint density at radius 2 is 2.03 bits per heavy atom. The van der Waals surface area contributed by atoms with Crippen LogP contribution in [0.1, 0.15) is 25.5 Å². The molecule has 3 aromatic heterocycles. The van der Waals surface area contributed by atoms with E-state index < -0.39 is 0 Å². The first-order chi connectivity index (χ1) is 14.2. The van der Waals surface area contributed by atoms with Gasteiger partial charge in [0, 0.05) is 11.6 Å². The van der Waals surface area contributed by atoms with Gasteiger partial charge < -0.3 is 4.74 Å². The number of halogens is 1. The minimum atomic E-state index is -0.235. The van der Waals surface area contributed by atoms with Gasteiger partial charge in [-0.15, -0.1) is 10.2 Å². The van der Waals surface area contributed by atoms with E-state index in [9.17, 15) is 4.79 Å². The largest absolute Gasteiger partial charge is 0.376 e. The highest BCUT2D eigenvalue weighted by Crippen LogP contribution is 2.29. The van der Waals surface area contributed by atoms with Crippen LogP contribution in [0.25, 0.3) is 27.9 Å². The fraction of sp³-hybridized carbons (Fsp3) is 0.350. The van der Waals surface area contributed by atoms with E-state index in [0.29, 0.717) is 29.3 Å². The van der Waals surface area contributed by atoms with Crippen LogP contribution in [0.2, 0.25) is 5.02 Å². The smallest absolute Gasteiger partial charge is 0.283 e. The fourth-order valence-corrected chi connectivity index (χ4v) is 3.93. The van der Waals surface area contributed by atoms with Crippen LogP contribution >= 0.6 is 11.6 Å². The summed E-state index contributed by atoms with van der Waals surface area (Å²) >= 11 is 6.03. The number of nitrogens with zero attached hydrogens (tertiary/aromatic N) is 6. The van der Waals surface area contributed by atoms with Crippen molar-refractivity contribution in [2.24, 2.45) is 0 Å². The molecular weight excluding hydrogens is 392 g/mol. The van der Waals surface area contributed by atoms with Gasteiger partial charge in [0.05, 0.1) is 23.9 Å². The molecule has 4 aromatic rings. The van der Waals surface area contributed by atoms with Gasteiger partial charge in [0.15, 0.2) is 16.8 Å². The Bertz CT molecular complexity index is 1260. The molecule has 9 heteroatoms. The van der Waals surface area contributed by atoms with Gasteiger partial charge in [-0.2, -0.15) is 9.61 Å². The van der Waals surface area contributed by atoms with Crippen LogP contribution in [0, 0.1) is 0 Å². The van der Waals surface area contributed by atoms with Crippen molar-refractivity contribution < 1.29 is 4.74 Å². The molecule has 5 rings (SSSR count). The molecule has 1 saturated heterocycles. The molecule has 0 N–H and O–H groups in total. The number of benzene rings is 1. The number of hydrogen-bond acceptors (Lipinski definition) is 6. The normalized spacial score (nSPS) is 16.8. The Kier molecular flexibility index (Phi) is 4.52. The zero-order valence-corrected chi connectivity index (χ0v) is 16.6. The van der Waals surface area contributed by atoms with E-state index in [4.69, 9.17) is 16.3 Å². The molecule has 1 unspecified atom stereocenters. The van der Waals surface area contributed by atoms with Crippen molar-refractivity contribution in [2.45, 2.75) is 38.8 Å². The van der Waals surface area contributed by atoms with E-state index in [-0.39, 0.29) is 17.2 Å². The Morgan fingerprint density at radius 1 is 1.21 bits per heavy atom. The minimum absolute atomic E-state index is 0.0385. The first-order valence-corrected chi connectivity index (χ1v) is 10.0. The van der Waals surface area contributed by atoms with E-state index in [1.807, 2.05) is 31.2 Å². The molecule has 148 valence electrons. The quantitative estimate of drug-likeness (QED) is 0.514. The second-order valence-electron chi connectivity index (χ2n) is 7.13. The standard InChI is InChI=1S/C20H19ClN6O2/c1-2-15-16(12-5-7-13(21)8-6-12)18-24-23-17-19(27(18)25-15)22-11-26(20(17)28)10-14-4-3-9-29-14/h5-8,11,14H,2-4,9-10H2,1H3. The van der Waals surface area contributed by atoms with Crippen LogP contribution in [0.3, 0.4) is 0 Å². The number of aromatic nitrogens is 6. The maximum Gasteiger partial charge on any atom is 0.283 e. The monoisotopic (exact) mass is 410 g/mol. The Hall–Kier alpha value is -2.84. The van der Waals surface area contributed by atoms with Crippen molar-refractivity contribution in [1.82, 2.24) is 29.4 Å². The Morgan fingerprint density at radius 3 is 2.76 bits per heavy atom. The summed E-state index contributed by atoms with van der Waals surface area (Å²) in [6.45, 7) is 3.23. The number of ether oxygens (including phenoxy) is 1. The van der Waals surface area contributed by atoms with Gasteiger partial charge in [-0.3, -0.25) is 9.36 Å². The molecule has 1 aliphatic rings. The lowest BCUT2D eigenvalue weighted by molar-refractivity contribution is 0.0960. The summed E-state index contributed by atoms with van der Waals surface area (Å²) in [6, 6.07) is 7.52. The molecule has 0 spiro atoms. The summed E-state index contributed by atoms with van der Waals surface area (Å²) in [7, 11) is 0. The molecule has 0 amide bonds. The van der Waals surface area contributed by atoms with Gasteiger partial charge in [-0.05, 0) is 37.0 Å². The molecule has 1 fully saturated rings.